The maximum atomic E-state index is 13.5. The van der Waals surface area contributed by atoms with E-state index in [9.17, 15) is 4.79 Å². The lowest BCUT2D eigenvalue weighted by Gasteiger charge is -2.42. The molecule has 0 aromatic rings. The molecule has 0 aromatic carbocycles. The molecule has 0 heterocycles. The summed E-state index contributed by atoms with van der Waals surface area (Å²) in [5.41, 5.74) is 2.10. The van der Waals surface area contributed by atoms with Crippen molar-refractivity contribution in [2.45, 2.75) is 111 Å². The van der Waals surface area contributed by atoms with E-state index in [1.165, 1.54) is 51.4 Å². The molecule has 2 unspecified atom stereocenters. The third-order valence-electron chi connectivity index (χ3n) is 6.00. The number of carbonyl (C=O) groups excluding carboxylic acids is 1. The van der Waals surface area contributed by atoms with Gasteiger partial charge < -0.3 is 4.84 Å². The van der Waals surface area contributed by atoms with Gasteiger partial charge >= 0.3 is 0 Å². The lowest BCUT2D eigenvalue weighted by molar-refractivity contribution is -0.144. The summed E-state index contributed by atoms with van der Waals surface area (Å²) in [6, 6.07) is 0. The molecule has 144 valence electrons. The molecule has 0 bridgehead atoms. The minimum atomic E-state index is -0.604. The van der Waals surface area contributed by atoms with Crippen molar-refractivity contribution in [3.8, 4) is 0 Å². The number of unbranched alkanes of at least 4 members (excludes halogenated alkanes) is 4. The van der Waals surface area contributed by atoms with E-state index in [-0.39, 0.29) is 5.41 Å². The number of ketones is 1. The highest BCUT2D eigenvalue weighted by molar-refractivity contribution is 5.93. The van der Waals surface area contributed by atoms with Gasteiger partial charge in [-0.1, -0.05) is 73.1 Å². The summed E-state index contributed by atoms with van der Waals surface area (Å²) in [6.45, 7) is 12.9. The Morgan fingerprint density at radius 1 is 0.917 bits per heavy atom. The van der Waals surface area contributed by atoms with Crippen LogP contribution >= 0.6 is 0 Å². The molecule has 0 spiro atoms. The molecule has 0 saturated carbocycles. The second kappa shape index (κ2) is 12.0. The molecule has 0 aliphatic rings. The van der Waals surface area contributed by atoms with E-state index in [1.807, 2.05) is 6.92 Å². The van der Waals surface area contributed by atoms with Crippen molar-refractivity contribution in [3.63, 3.8) is 0 Å². The van der Waals surface area contributed by atoms with Gasteiger partial charge in [-0.2, -0.15) is 5.48 Å². The second-order valence-electron chi connectivity index (χ2n) is 7.78. The van der Waals surface area contributed by atoms with Gasteiger partial charge in [0.25, 0.3) is 0 Å². The van der Waals surface area contributed by atoms with Crippen LogP contribution in [0.2, 0.25) is 0 Å². The zero-order chi connectivity index (χ0) is 18.6. The van der Waals surface area contributed by atoms with Crippen LogP contribution in [0, 0.1) is 11.3 Å². The number of rotatable bonds is 15. The number of hydrogen-bond donors (Lipinski definition) is 1. The van der Waals surface area contributed by atoms with E-state index in [0.717, 1.165) is 12.8 Å². The maximum absolute atomic E-state index is 13.5. The predicted octanol–water partition coefficient (Wildman–Crippen LogP) is 6.07. The molecule has 1 N–H and O–H groups in total. The third-order valence-corrected chi connectivity index (χ3v) is 6.00. The van der Waals surface area contributed by atoms with Crippen molar-refractivity contribution in [1.82, 2.24) is 5.48 Å². The highest BCUT2D eigenvalue weighted by Gasteiger charge is 2.47. The first-order chi connectivity index (χ1) is 11.4. The van der Waals surface area contributed by atoms with E-state index in [2.05, 4.69) is 40.1 Å². The van der Waals surface area contributed by atoms with Gasteiger partial charge in [0.05, 0.1) is 12.6 Å². The lowest BCUT2D eigenvalue weighted by atomic mass is 9.63. The van der Waals surface area contributed by atoms with E-state index < -0.39 is 5.54 Å². The first-order valence-corrected chi connectivity index (χ1v) is 10.2. The zero-order valence-corrected chi connectivity index (χ0v) is 17.5. The van der Waals surface area contributed by atoms with Crippen molar-refractivity contribution in [3.05, 3.63) is 0 Å². The van der Waals surface area contributed by atoms with Crippen LogP contribution in [0.15, 0.2) is 0 Å². The number of carbonyl (C=O) groups is 1. The average molecular weight is 342 g/mol. The molecule has 0 fully saturated rings. The smallest absolute Gasteiger partial charge is 0.160 e. The standard InChI is InChI=1S/C21H43NO2/c1-8-12-14-16-18(17-15-13-9-2)20(5,10-3)19(23)21(6,11-4)22-24-7/h18,22H,8-17H2,1-7H3. The van der Waals surface area contributed by atoms with Gasteiger partial charge in [0.1, 0.15) is 0 Å². The molecule has 3 heteroatoms. The first-order valence-electron chi connectivity index (χ1n) is 10.2. The molecule has 0 aromatic heterocycles. The largest absolute Gasteiger partial charge is 0.304 e. The van der Waals surface area contributed by atoms with Gasteiger partial charge in [-0.3, -0.25) is 4.79 Å². The Hall–Kier alpha value is -0.410. The third kappa shape index (κ3) is 6.48. The van der Waals surface area contributed by atoms with Crippen molar-refractivity contribution >= 4 is 5.78 Å². The summed E-state index contributed by atoms with van der Waals surface area (Å²) >= 11 is 0. The van der Waals surface area contributed by atoms with Gasteiger partial charge in [0.2, 0.25) is 0 Å². The van der Waals surface area contributed by atoms with E-state index in [4.69, 9.17) is 4.84 Å². The molecular weight excluding hydrogens is 298 g/mol. The summed E-state index contributed by atoms with van der Waals surface area (Å²) in [7, 11) is 1.60. The maximum Gasteiger partial charge on any atom is 0.160 e. The van der Waals surface area contributed by atoms with Crippen molar-refractivity contribution < 1.29 is 9.63 Å². The fourth-order valence-corrected chi connectivity index (χ4v) is 3.83. The Morgan fingerprint density at radius 3 is 1.75 bits per heavy atom. The Balaban J connectivity index is 5.37. The van der Waals surface area contributed by atoms with Crippen LogP contribution in [0.5, 0.6) is 0 Å². The topological polar surface area (TPSA) is 38.3 Å². The Bertz CT molecular complexity index is 335. The Morgan fingerprint density at radius 2 is 1.42 bits per heavy atom. The molecule has 0 rings (SSSR count). The van der Waals surface area contributed by atoms with Gasteiger partial charge in [-0.25, -0.2) is 0 Å². The van der Waals surface area contributed by atoms with Crippen LogP contribution in [0.4, 0.5) is 0 Å². The summed E-state index contributed by atoms with van der Waals surface area (Å²) in [5, 5.41) is 0. The lowest BCUT2D eigenvalue weighted by Crippen LogP contribution is -2.56. The second-order valence-corrected chi connectivity index (χ2v) is 7.78. The summed E-state index contributed by atoms with van der Waals surface area (Å²) < 4.78 is 0. The summed E-state index contributed by atoms with van der Waals surface area (Å²) in [6.07, 6.45) is 11.4. The molecule has 0 aliphatic heterocycles. The molecule has 0 amide bonds. The molecule has 0 radical (unpaired) electrons. The normalized spacial score (nSPS) is 16.8. The highest BCUT2D eigenvalue weighted by Crippen LogP contribution is 2.42. The van der Waals surface area contributed by atoms with E-state index >= 15 is 0 Å². The molecule has 24 heavy (non-hydrogen) atoms. The summed E-state index contributed by atoms with van der Waals surface area (Å²) in [4.78, 5) is 18.7. The van der Waals surface area contributed by atoms with E-state index in [0.29, 0.717) is 11.7 Å². The molecular formula is C21H43NO2. The van der Waals surface area contributed by atoms with Crippen LogP contribution in [0.3, 0.4) is 0 Å². The SMILES string of the molecule is CCCCCC(CCCCC)C(C)(CC)C(=O)C(C)(CC)NOC. The van der Waals surface area contributed by atoms with Crippen molar-refractivity contribution in [2.75, 3.05) is 7.11 Å². The van der Waals surface area contributed by atoms with Gasteiger partial charge in [0.15, 0.2) is 5.78 Å². The first kappa shape index (κ1) is 23.6. The number of Topliss-reactive ketones (excluding diaryl/α,β-unsaturated/α-hetero) is 1. The van der Waals surface area contributed by atoms with Gasteiger partial charge in [-0.15, -0.1) is 0 Å². The van der Waals surface area contributed by atoms with Crippen LogP contribution in [0.1, 0.15) is 106 Å². The van der Waals surface area contributed by atoms with Crippen LogP contribution < -0.4 is 5.48 Å². The van der Waals surface area contributed by atoms with Crippen molar-refractivity contribution in [2.24, 2.45) is 11.3 Å². The fraction of sp³-hybridized carbons (Fsp3) is 0.952. The monoisotopic (exact) mass is 341 g/mol. The van der Waals surface area contributed by atoms with Crippen LogP contribution in [-0.4, -0.2) is 18.4 Å². The molecule has 0 aliphatic carbocycles. The van der Waals surface area contributed by atoms with E-state index in [1.54, 1.807) is 7.11 Å². The average Bonchev–Trinajstić information content (AvgIpc) is 2.59. The molecule has 3 nitrogen and oxygen atoms in total. The fourth-order valence-electron chi connectivity index (χ4n) is 3.83. The van der Waals surface area contributed by atoms with Gasteiger partial charge in [0, 0.05) is 5.41 Å². The number of hydrogen-bond acceptors (Lipinski definition) is 3. The molecule has 0 saturated heterocycles. The van der Waals surface area contributed by atoms with Crippen LogP contribution in [0.25, 0.3) is 0 Å². The Kier molecular flexibility index (Phi) is 11.8. The minimum absolute atomic E-state index is 0.280. The summed E-state index contributed by atoms with van der Waals surface area (Å²) in [5.74, 6) is 0.789. The van der Waals surface area contributed by atoms with Gasteiger partial charge in [-0.05, 0) is 38.5 Å². The minimum Gasteiger partial charge on any atom is -0.304 e. The number of nitrogens with one attached hydrogen (secondary N) is 1. The molecule has 2 atom stereocenters. The van der Waals surface area contributed by atoms with Crippen molar-refractivity contribution in [1.29, 1.82) is 0 Å². The predicted molar refractivity (Wildman–Crippen MR) is 104 cm³/mol. The highest BCUT2D eigenvalue weighted by atomic mass is 16.6. The van der Waals surface area contributed by atoms with Crippen LogP contribution in [-0.2, 0) is 9.63 Å². The quantitative estimate of drug-likeness (QED) is 0.290. The Labute approximate surface area is 151 Å². The zero-order valence-electron chi connectivity index (χ0n) is 17.5. The number of hydroxylamine groups is 1.